The van der Waals surface area contributed by atoms with Gasteiger partial charge in [0.1, 0.15) is 0 Å². The molecule has 1 aliphatic rings. The van der Waals surface area contributed by atoms with Gasteiger partial charge in [-0.15, -0.1) is 0 Å². The summed E-state index contributed by atoms with van der Waals surface area (Å²) in [5, 5.41) is 7.12. The Kier molecular flexibility index (Phi) is 4.37. The van der Waals surface area contributed by atoms with Crippen molar-refractivity contribution in [3.05, 3.63) is 35.9 Å². The van der Waals surface area contributed by atoms with E-state index in [9.17, 15) is 0 Å². The molecule has 1 aromatic carbocycles. The first kappa shape index (κ1) is 11.6. The van der Waals surface area contributed by atoms with Gasteiger partial charge >= 0.3 is 0 Å². The van der Waals surface area contributed by atoms with Gasteiger partial charge in [-0.05, 0) is 44.8 Å². The van der Waals surface area contributed by atoms with E-state index >= 15 is 0 Å². The quantitative estimate of drug-likeness (QED) is 0.793. The maximum atomic E-state index is 3.59. The summed E-state index contributed by atoms with van der Waals surface area (Å²) in [6.07, 6.45) is 3.94. The van der Waals surface area contributed by atoms with Gasteiger partial charge < -0.3 is 10.6 Å². The zero-order valence-electron chi connectivity index (χ0n) is 10.1. The zero-order valence-corrected chi connectivity index (χ0v) is 10.1. The molecular weight excluding hydrogens is 196 g/mol. The van der Waals surface area contributed by atoms with E-state index < -0.39 is 0 Å². The van der Waals surface area contributed by atoms with E-state index in [1.165, 1.54) is 31.4 Å². The number of nitrogens with one attached hydrogen (secondary N) is 2. The average Bonchev–Trinajstić information content (AvgIpc) is 2.83. The molecule has 1 aromatic rings. The predicted octanol–water partition coefficient (Wildman–Crippen LogP) is 2.48. The van der Waals surface area contributed by atoms with Gasteiger partial charge in [-0.25, -0.2) is 0 Å². The molecule has 0 aromatic heterocycles. The summed E-state index contributed by atoms with van der Waals surface area (Å²) in [6.45, 7) is 4.55. The Morgan fingerprint density at radius 1 is 1.38 bits per heavy atom. The molecule has 0 saturated carbocycles. The lowest BCUT2D eigenvalue weighted by Gasteiger charge is -2.16. The van der Waals surface area contributed by atoms with E-state index in [4.69, 9.17) is 0 Å². The van der Waals surface area contributed by atoms with Gasteiger partial charge in [0.15, 0.2) is 0 Å². The number of rotatable bonds is 5. The van der Waals surface area contributed by atoms with Gasteiger partial charge in [0, 0.05) is 12.1 Å². The lowest BCUT2D eigenvalue weighted by atomic mass is 10.1. The van der Waals surface area contributed by atoms with Gasteiger partial charge in [-0.2, -0.15) is 0 Å². The van der Waals surface area contributed by atoms with Crippen molar-refractivity contribution < 1.29 is 0 Å². The van der Waals surface area contributed by atoms with Crippen molar-refractivity contribution in [2.45, 2.75) is 38.3 Å². The first-order chi connectivity index (χ1) is 7.86. The molecule has 1 fully saturated rings. The third-order valence-corrected chi connectivity index (χ3v) is 3.41. The fraction of sp³-hybridized carbons (Fsp3) is 0.571. The second-order valence-corrected chi connectivity index (χ2v) is 4.67. The first-order valence-electron chi connectivity index (χ1n) is 6.38. The van der Waals surface area contributed by atoms with Crippen LogP contribution in [0.25, 0.3) is 0 Å². The van der Waals surface area contributed by atoms with E-state index in [0.29, 0.717) is 6.04 Å². The van der Waals surface area contributed by atoms with E-state index in [0.717, 1.165) is 12.6 Å². The van der Waals surface area contributed by atoms with Crippen molar-refractivity contribution in [2.75, 3.05) is 13.1 Å². The van der Waals surface area contributed by atoms with E-state index in [-0.39, 0.29) is 0 Å². The minimum atomic E-state index is 0.461. The van der Waals surface area contributed by atoms with Gasteiger partial charge in [0.25, 0.3) is 0 Å². The highest BCUT2D eigenvalue weighted by Gasteiger charge is 2.13. The van der Waals surface area contributed by atoms with Crippen LogP contribution in [-0.2, 0) is 0 Å². The number of hydrogen-bond donors (Lipinski definition) is 2. The Morgan fingerprint density at radius 2 is 2.19 bits per heavy atom. The van der Waals surface area contributed by atoms with E-state index in [1.54, 1.807) is 0 Å². The van der Waals surface area contributed by atoms with Crippen LogP contribution in [0.5, 0.6) is 0 Å². The number of benzene rings is 1. The van der Waals surface area contributed by atoms with Crippen LogP contribution in [0.3, 0.4) is 0 Å². The molecule has 2 heteroatoms. The third-order valence-electron chi connectivity index (χ3n) is 3.41. The van der Waals surface area contributed by atoms with Crippen molar-refractivity contribution in [2.24, 2.45) is 0 Å². The van der Waals surface area contributed by atoms with Gasteiger partial charge in [0.2, 0.25) is 0 Å². The summed E-state index contributed by atoms with van der Waals surface area (Å²) < 4.78 is 0. The molecule has 0 spiro atoms. The van der Waals surface area contributed by atoms with E-state index in [2.05, 4.69) is 47.9 Å². The van der Waals surface area contributed by atoms with Crippen LogP contribution in [0, 0.1) is 0 Å². The summed E-state index contributed by atoms with van der Waals surface area (Å²) in [5.41, 5.74) is 1.38. The lowest BCUT2D eigenvalue weighted by molar-refractivity contribution is 0.491. The smallest absolute Gasteiger partial charge is 0.0291 e. The molecule has 1 heterocycles. The number of hydrogen-bond acceptors (Lipinski definition) is 2. The summed E-state index contributed by atoms with van der Waals surface area (Å²) >= 11 is 0. The molecule has 2 unspecified atom stereocenters. The lowest BCUT2D eigenvalue weighted by Crippen LogP contribution is -2.28. The van der Waals surface area contributed by atoms with Crippen LogP contribution in [0.2, 0.25) is 0 Å². The molecule has 88 valence electrons. The van der Waals surface area contributed by atoms with Crippen LogP contribution in [0.1, 0.15) is 37.8 Å². The molecule has 2 rings (SSSR count). The SMILES string of the molecule is CC(NCCC1CCCN1)c1ccccc1. The largest absolute Gasteiger partial charge is 0.314 e. The predicted molar refractivity (Wildman–Crippen MR) is 68.5 cm³/mol. The Hall–Kier alpha value is -0.860. The minimum Gasteiger partial charge on any atom is -0.314 e. The summed E-state index contributed by atoms with van der Waals surface area (Å²) in [6, 6.07) is 11.9. The molecule has 1 aliphatic heterocycles. The van der Waals surface area contributed by atoms with Crippen LogP contribution in [-0.4, -0.2) is 19.1 Å². The molecule has 2 N–H and O–H groups in total. The maximum absolute atomic E-state index is 3.59. The Morgan fingerprint density at radius 3 is 2.88 bits per heavy atom. The van der Waals surface area contributed by atoms with Crippen LogP contribution in [0.15, 0.2) is 30.3 Å². The van der Waals surface area contributed by atoms with Crippen molar-refractivity contribution in [1.82, 2.24) is 10.6 Å². The van der Waals surface area contributed by atoms with E-state index in [1.807, 2.05) is 0 Å². The molecular formula is C14H22N2. The normalized spacial score (nSPS) is 22.2. The Balaban J connectivity index is 1.69. The highest BCUT2D eigenvalue weighted by atomic mass is 15.0. The molecule has 0 bridgehead atoms. The van der Waals surface area contributed by atoms with Gasteiger partial charge in [-0.3, -0.25) is 0 Å². The van der Waals surface area contributed by atoms with Crippen molar-refractivity contribution in [1.29, 1.82) is 0 Å². The van der Waals surface area contributed by atoms with Crippen molar-refractivity contribution in [3.63, 3.8) is 0 Å². The summed E-state index contributed by atoms with van der Waals surface area (Å²) in [7, 11) is 0. The molecule has 2 atom stereocenters. The van der Waals surface area contributed by atoms with Gasteiger partial charge in [-0.1, -0.05) is 30.3 Å². The van der Waals surface area contributed by atoms with Crippen molar-refractivity contribution >= 4 is 0 Å². The van der Waals surface area contributed by atoms with Crippen LogP contribution in [0.4, 0.5) is 0 Å². The van der Waals surface area contributed by atoms with Gasteiger partial charge in [0.05, 0.1) is 0 Å². The fourth-order valence-corrected chi connectivity index (χ4v) is 2.34. The molecule has 2 nitrogen and oxygen atoms in total. The minimum absolute atomic E-state index is 0.461. The average molecular weight is 218 g/mol. The monoisotopic (exact) mass is 218 g/mol. The molecule has 0 aliphatic carbocycles. The Bertz CT molecular complexity index is 291. The maximum Gasteiger partial charge on any atom is 0.0291 e. The third kappa shape index (κ3) is 3.32. The topological polar surface area (TPSA) is 24.1 Å². The molecule has 0 amide bonds. The first-order valence-corrected chi connectivity index (χ1v) is 6.38. The summed E-state index contributed by atoms with van der Waals surface area (Å²) in [5.74, 6) is 0. The molecule has 1 saturated heterocycles. The standard InChI is InChI=1S/C14H22N2/c1-12(13-6-3-2-4-7-13)15-11-9-14-8-5-10-16-14/h2-4,6-7,12,14-16H,5,8-11H2,1H3. The summed E-state index contributed by atoms with van der Waals surface area (Å²) in [4.78, 5) is 0. The highest BCUT2D eigenvalue weighted by molar-refractivity contribution is 5.17. The highest BCUT2D eigenvalue weighted by Crippen LogP contribution is 2.12. The molecule has 0 radical (unpaired) electrons. The fourth-order valence-electron chi connectivity index (χ4n) is 2.34. The van der Waals surface area contributed by atoms with Crippen LogP contribution >= 0.6 is 0 Å². The molecule has 16 heavy (non-hydrogen) atoms. The zero-order chi connectivity index (χ0) is 11.2. The van der Waals surface area contributed by atoms with Crippen LogP contribution < -0.4 is 10.6 Å². The second-order valence-electron chi connectivity index (χ2n) is 4.67. The second kappa shape index (κ2) is 6.02. The Labute approximate surface area is 98.4 Å². The van der Waals surface area contributed by atoms with Crippen molar-refractivity contribution in [3.8, 4) is 0 Å².